The lowest BCUT2D eigenvalue weighted by Crippen LogP contribution is -2.43. The zero-order valence-electron chi connectivity index (χ0n) is 12.1. The Morgan fingerprint density at radius 2 is 1.81 bits per heavy atom. The number of amides is 1. The minimum atomic E-state index is -0.210. The van der Waals surface area contributed by atoms with Gasteiger partial charge in [0.1, 0.15) is 0 Å². The van der Waals surface area contributed by atoms with Crippen molar-refractivity contribution in [3.63, 3.8) is 0 Å². The topological polar surface area (TPSA) is 49.3 Å². The molecule has 0 unspecified atom stereocenters. The molecular weight excluding hydrogens is 286 g/mol. The van der Waals surface area contributed by atoms with Gasteiger partial charge in [-0.2, -0.15) is 0 Å². The first-order chi connectivity index (χ1) is 10.1. The van der Waals surface area contributed by atoms with Crippen LogP contribution in [-0.4, -0.2) is 22.7 Å². The highest BCUT2D eigenvalue weighted by atomic mass is 35.5. The van der Waals surface area contributed by atoms with Gasteiger partial charge in [-0.25, -0.2) is 0 Å². The van der Waals surface area contributed by atoms with Crippen LogP contribution < -0.4 is 5.32 Å². The van der Waals surface area contributed by atoms with E-state index in [-0.39, 0.29) is 23.5 Å². The van der Waals surface area contributed by atoms with E-state index in [1.54, 1.807) is 0 Å². The number of carbonyl (C=O) groups is 1. The Morgan fingerprint density at radius 1 is 1.19 bits per heavy atom. The second kappa shape index (κ2) is 5.98. The Balaban J connectivity index is 1.56. The summed E-state index contributed by atoms with van der Waals surface area (Å²) in [6.45, 7) is 0. The molecule has 2 fully saturated rings. The molecule has 2 aliphatic rings. The van der Waals surface area contributed by atoms with E-state index >= 15 is 0 Å². The van der Waals surface area contributed by atoms with Crippen LogP contribution in [0.15, 0.2) is 24.3 Å². The minimum absolute atomic E-state index is 0.0407. The predicted octanol–water partition coefficient (Wildman–Crippen LogP) is 3.08. The Hall–Kier alpha value is -1.06. The number of aliphatic hydroxyl groups excluding tert-OH is 1. The molecule has 1 amide bonds. The largest absolute Gasteiger partial charge is 0.393 e. The number of carbonyl (C=O) groups excluding carboxylic acids is 1. The summed E-state index contributed by atoms with van der Waals surface area (Å²) < 4.78 is 0. The average Bonchev–Trinajstić information content (AvgIpc) is 3.21. The zero-order valence-corrected chi connectivity index (χ0v) is 12.9. The van der Waals surface area contributed by atoms with Gasteiger partial charge in [0.2, 0.25) is 5.91 Å². The Kier molecular flexibility index (Phi) is 4.23. The van der Waals surface area contributed by atoms with Gasteiger partial charge < -0.3 is 10.4 Å². The minimum Gasteiger partial charge on any atom is -0.393 e. The normalized spacial score (nSPS) is 27.1. The van der Waals surface area contributed by atoms with Crippen LogP contribution in [0.4, 0.5) is 0 Å². The van der Waals surface area contributed by atoms with Gasteiger partial charge in [-0.05, 0) is 62.6 Å². The van der Waals surface area contributed by atoms with E-state index in [9.17, 15) is 9.90 Å². The van der Waals surface area contributed by atoms with E-state index in [1.807, 2.05) is 24.3 Å². The maximum Gasteiger partial charge on any atom is 0.223 e. The molecule has 0 bridgehead atoms. The molecule has 4 heteroatoms. The summed E-state index contributed by atoms with van der Waals surface area (Å²) in [5.74, 6) is 0.254. The standard InChI is InChI=1S/C17H22ClNO2/c18-14-5-1-12(2-6-14)11-17(9-10-17)19-16(21)13-3-7-15(20)8-4-13/h1-2,5-6,13,15,20H,3-4,7-11H2,(H,19,21). The van der Waals surface area contributed by atoms with Crippen molar-refractivity contribution in [2.75, 3.05) is 0 Å². The summed E-state index contributed by atoms with van der Waals surface area (Å²) in [5, 5.41) is 13.5. The number of halogens is 1. The fourth-order valence-electron chi connectivity index (χ4n) is 3.19. The van der Waals surface area contributed by atoms with Crippen molar-refractivity contribution in [3.8, 4) is 0 Å². The molecule has 1 aromatic carbocycles. The number of hydrogen-bond acceptors (Lipinski definition) is 2. The molecule has 114 valence electrons. The molecule has 0 aliphatic heterocycles. The number of aliphatic hydroxyl groups is 1. The summed E-state index contributed by atoms with van der Waals surface area (Å²) >= 11 is 5.91. The second-order valence-electron chi connectivity index (χ2n) is 6.58. The van der Waals surface area contributed by atoms with Gasteiger partial charge in [0, 0.05) is 16.5 Å². The van der Waals surface area contributed by atoms with Gasteiger partial charge in [0.15, 0.2) is 0 Å². The quantitative estimate of drug-likeness (QED) is 0.898. The number of rotatable bonds is 4. The molecule has 21 heavy (non-hydrogen) atoms. The van der Waals surface area contributed by atoms with E-state index in [1.165, 1.54) is 5.56 Å². The molecular formula is C17H22ClNO2. The molecule has 3 rings (SSSR count). The molecule has 2 aliphatic carbocycles. The van der Waals surface area contributed by atoms with Crippen LogP contribution in [-0.2, 0) is 11.2 Å². The lowest BCUT2D eigenvalue weighted by atomic mass is 9.86. The summed E-state index contributed by atoms with van der Waals surface area (Å²) in [4.78, 5) is 12.4. The lowest BCUT2D eigenvalue weighted by molar-refractivity contribution is -0.127. The maximum atomic E-state index is 12.4. The third-order valence-corrected chi connectivity index (χ3v) is 5.02. The van der Waals surface area contributed by atoms with Crippen molar-refractivity contribution in [2.24, 2.45) is 5.92 Å². The highest BCUT2D eigenvalue weighted by molar-refractivity contribution is 6.30. The van der Waals surface area contributed by atoms with E-state index in [4.69, 9.17) is 11.6 Å². The third-order valence-electron chi connectivity index (χ3n) is 4.77. The zero-order chi connectivity index (χ0) is 14.9. The number of nitrogens with one attached hydrogen (secondary N) is 1. The number of hydrogen-bond donors (Lipinski definition) is 2. The van der Waals surface area contributed by atoms with Crippen molar-refractivity contribution < 1.29 is 9.90 Å². The first-order valence-corrected chi connectivity index (χ1v) is 8.19. The van der Waals surface area contributed by atoms with E-state index in [2.05, 4.69) is 5.32 Å². The summed E-state index contributed by atoms with van der Waals surface area (Å²) in [6, 6.07) is 7.87. The molecule has 0 atom stereocenters. The monoisotopic (exact) mass is 307 g/mol. The summed E-state index contributed by atoms with van der Waals surface area (Å²) in [5.41, 5.74) is 1.18. The summed E-state index contributed by atoms with van der Waals surface area (Å²) in [7, 11) is 0. The smallest absolute Gasteiger partial charge is 0.223 e. The summed E-state index contributed by atoms with van der Waals surface area (Å²) in [6.07, 6.45) is 5.90. The van der Waals surface area contributed by atoms with Crippen LogP contribution in [0.3, 0.4) is 0 Å². The van der Waals surface area contributed by atoms with Crippen LogP contribution >= 0.6 is 11.6 Å². The number of benzene rings is 1. The Bertz CT molecular complexity index is 502. The molecule has 0 spiro atoms. The van der Waals surface area contributed by atoms with E-state index in [0.717, 1.165) is 50.0 Å². The molecule has 2 N–H and O–H groups in total. The van der Waals surface area contributed by atoms with Gasteiger partial charge in [-0.15, -0.1) is 0 Å². The van der Waals surface area contributed by atoms with Gasteiger partial charge in [-0.1, -0.05) is 23.7 Å². The molecule has 0 saturated heterocycles. The van der Waals surface area contributed by atoms with Crippen LogP contribution in [0.5, 0.6) is 0 Å². The fraction of sp³-hybridized carbons (Fsp3) is 0.588. The van der Waals surface area contributed by atoms with Crippen LogP contribution in [0.1, 0.15) is 44.1 Å². The van der Waals surface area contributed by atoms with E-state index in [0.29, 0.717) is 0 Å². The maximum absolute atomic E-state index is 12.4. The molecule has 2 saturated carbocycles. The molecule has 1 aromatic rings. The van der Waals surface area contributed by atoms with Gasteiger partial charge >= 0.3 is 0 Å². The molecule has 0 aromatic heterocycles. The van der Waals surface area contributed by atoms with Crippen LogP contribution in [0.2, 0.25) is 5.02 Å². The van der Waals surface area contributed by atoms with Crippen LogP contribution in [0.25, 0.3) is 0 Å². The van der Waals surface area contributed by atoms with Crippen molar-refractivity contribution in [2.45, 2.75) is 56.6 Å². The fourth-order valence-corrected chi connectivity index (χ4v) is 3.32. The van der Waals surface area contributed by atoms with Crippen molar-refractivity contribution in [1.29, 1.82) is 0 Å². The molecule has 3 nitrogen and oxygen atoms in total. The third kappa shape index (κ3) is 3.78. The molecule has 0 radical (unpaired) electrons. The molecule has 0 heterocycles. The second-order valence-corrected chi connectivity index (χ2v) is 7.01. The van der Waals surface area contributed by atoms with Gasteiger partial charge in [0.25, 0.3) is 0 Å². The highest BCUT2D eigenvalue weighted by Gasteiger charge is 2.44. The van der Waals surface area contributed by atoms with Crippen molar-refractivity contribution >= 4 is 17.5 Å². The predicted molar refractivity (Wildman–Crippen MR) is 83.2 cm³/mol. The SMILES string of the molecule is O=C(NC1(Cc2ccc(Cl)cc2)CC1)C1CCC(O)CC1. The van der Waals surface area contributed by atoms with Crippen molar-refractivity contribution in [3.05, 3.63) is 34.9 Å². The van der Waals surface area contributed by atoms with Crippen molar-refractivity contribution in [1.82, 2.24) is 5.32 Å². The van der Waals surface area contributed by atoms with E-state index < -0.39 is 0 Å². The Morgan fingerprint density at radius 3 is 2.38 bits per heavy atom. The van der Waals surface area contributed by atoms with Crippen LogP contribution in [0, 0.1) is 5.92 Å². The van der Waals surface area contributed by atoms with Gasteiger partial charge in [-0.3, -0.25) is 4.79 Å². The first-order valence-electron chi connectivity index (χ1n) is 7.81. The highest BCUT2D eigenvalue weighted by Crippen LogP contribution is 2.39. The van der Waals surface area contributed by atoms with Gasteiger partial charge in [0.05, 0.1) is 6.10 Å². The lowest BCUT2D eigenvalue weighted by Gasteiger charge is -2.27. The first kappa shape index (κ1) is 14.9. The Labute approximate surface area is 130 Å². The average molecular weight is 308 g/mol.